The number of carbonyl (C=O) groups is 1. The Kier molecular flexibility index (Phi) is 4.58. The molecule has 2 aliphatic carbocycles. The van der Waals surface area contributed by atoms with Crippen LogP contribution in [-0.2, 0) is 14.8 Å². The van der Waals surface area contributed by atoms with E-state index in [4.69, 9.17) is 0 Å². The van der Waals surface area contributed by atoms with Crippen molar-refractivity contribution in [1.29, 1.82) is 0 Å². The van der Waals surface area contributed by atoms with Crippen molar-refractivity contribution in [3.05, 3.63) is 30.3 Å². The number of rotatable bonds is 5. The van der Waals surface area contributed by atoms with Gasteiger partial charge in [0.2, 0.25) is 15.9 Å². The van der Waals surface area contributed by atoms with Crippen LogP contribution >= 0.6 is 0 Å². The van der Waals surface area contributed by atoms with Crippen LogP contribution in [0, 0.1) is 17.8 Å². The van der Waals surface area contributed by atoms with Crippen LogP contribution in [0.4, 0.5) is 0 Å². The Morgan fingerprint density at radius 1 is 1.00 bits per heavy atom. The Balaban J connectivity index is 1.35. The van der Waals surface area contributed by atoms with Crippen LogP contribution in [-0.4, -0.2) is 38.4 Å². The van der Waals surface area contributed by atoms with Gasteiger partial charge in [0, 0.05) is 25.6 Å². The summed E-state index contributed by atoms with van der Waals surface area (Å²) in [6, 6.07) is 8.69. The first-order valence-electron chi connectivity index (χ1n) is 9.35. The molecule has 0 radical (unpaired) electrons. The van der Waals surface area contributed by atoms with Crippen molar-refractivity contribution in [1.82, 2.24) is 9.62 Å². The minimum Gasteiger partial charge on any atom is -0.339 e. The fourth-order valence-electron chi connectivity index (χ4n) is 5.21. The third-order valence-corrected chi connectivity index (χ3v) is 7.59. The largest absolute Gasteiger partial charge is 0.339 e. The molecule has 2 saturated heterocycles. The molecule has 6 heteroatoms. The smallest absolute Gasteiger partial charge is 0.240 e. The van der Waals surface area contributed by atoms with E-state index in [1.165, 1.54) is 19.3 Å². The van der Waals surface area contributed by atoms with Crippen molar-refractivity contribution in [3.8, 4) is 0 Å². The lowest BCUT2D eigenvalue weighted by atomic mass is 9.68. The fourth-order valence-corrected chi connectivity index (χ4v) is 6.26. The van der Waals surface area contributed by atoms with Gasteiger partial charge in [-0.05, 0) is 62.0 Å². The van der Waals surface area contributed by atoms with Gasteiger partial charge in [0.25, 0.3) is 0 Å². The van der Waals surface area contributed by atoms with Gasteiger partial charge in [-0.15, -0.1) is 0 Å². The van der Waals surface area contributed by atoms with Gasteiger partial charge in [0.05, 0.1) is 4.90 Å². The molecule has 2 saturated carbocycles. The predicted octanol–water partition coefficient (Wildman–Crippen LogP) is 2.39. The van der Waals surface area contributed by atoms with Gasteiger partial charge in [-0.3, -0.25) is 4.79 Å². The molecule has 2 unspecified atom stereocenters. The van der Waals surface area contributed by atoms with Crippen LogP contribution in [0.25, 0.3) is 0 Å². The Morgan fingerprint density at radius 2 is 1.64 bits per heavy atom. The molecule has 2 heterocycles. The molecule has 4 fully saturated rings. The number of benzene rings is 1. The van der Waals surface area contributed by atoms with E-state index in [2.05, 4.69) is 9.62 Å². The molecule has 4 aliphatic rings. The third kappa shape index (κ3) is 3.60. The van der Waals surface area contributed by atoms with Crippen molar-refractivity contribution in [2.24, 2.45) is 17.8 Å². The van der Waals surface area contributed by atoms with Crippen LogP contribution in [0.1, 0.15) is 38.5 Å². The molecule has 1 aromatic rings. The lowest BCUT2D eigenvalue weighted by molar-refractivity contribution is -0.133. The number of nitrogens with zero attached hydrogens (tertiary/aromatic N) is 1. The number of carbonyl (C=O) groups excluding carboxylic acids is 1. The van der Waals surface area contributed by atoms with Crippen molar-refractivity contribution in [2.45, 2.75) is 49.5 Å². The van der Waals surface area contributed by atoms with Gasteiger partial charge in [-0.25, -0.2) is 13.1 Å². The highest BCUT2D eigenvalue weighted by atomic mass is 32.2. The van der Waals surface area contributed by atoms with Crippen molar-refractivity contribution in [2.75, 3.05) is 13.1 Å². The zero-order valence-electron chi connectivity index (χ0n) is 14.4. The highest BCUT2D eigenvalue weighted by molar-refractivity contribution is 7.89. The van der Waals surface area contributed by atoms with E-state index in [-0.39, 0.29) is 23.8 Å². The zero-order chi connectivity index (χ0) is 17.4. The molecule has 25 heavy (non-hydrogen) atoms. The minimum absolute atomic E-state index is 0.106. The summed E-state index contributed by atoms with van der Waals surface area (Å²) in [7, 11) is -3.53. The molecule has 5 nitrogen and oxygen atoms in total. The summed E-state index contributed by atoms with van der Waals surface area (Å²) >= 11 is 0. The Hall–Kier alpha value is -1.40. The van der Waals surface area contributed by atoms with Crippen molar-refractivity contribution < 1.29 is 13.2 Å². The molecular weight excluding hydrogens is 336 g/mol. The average Bonchev–Trinajstić information content (AvgIpc) is 2.79. The second-order valence-corrected chi connectivity index (χ2v) is 9.70. The van der Waals surface area contributed by atoms with Gasteiger partial charge < -0.3 is 4.90 Å². The maximum atomic E-state index is 12.7. The van der Waals surface area contributed by atoms with Gasteiger partial charge in [0.1, 0.15) is 0 Å². The summed E-state index contributed by atoms with van der Waals surface area (Å²) in [5.41, 5.74) is 0. The fraction of sp³-hybridized carbons (Fsp3) is 0.632. The molecular formula is C19H26N2O3S. The maximum absolute atomic E-state index is 12.7. The lowest BCUT2D eigenvalue weighted by Crippen LogP contribution is -2.43. The number of hydrogen-bond donors (Lipinski definition) is 1. The van der Waals surface area contributed by atoms with Crippen LogP contribution < -0.4 is 4.72 Å². The standard InChI is InChI=1S/C19H26N2O3S/c22-19(6-7-20-25(23,24)18-4-2-1-3-5-18)21-13-16-9-14-8-15(10-16)12-17(21)11-14/h1-5,14-17,20H,6-13H2. The molecule has 5 rings (SSSR count). The maximum Gasteiger partial charge on any atom is 0.240 e. The molecule has 2 aliphatic heterocycles. The molecule has 4 bridgehead atoms. The highest BCUT2D eigenvalue weighted by Crippen LogP contribution is 2.47. The monoisotopic (exact) mass is 362 g/mol. The Bertz CT molecular complexity index is 720. The van der Waals surface area contributed by atoms with Gasteiger partial charge in [0.15, 0.2) is 0 Å². The normalized spacial score (nSPS) is 31.1. The predicted molar refractivity (Wildman–Crippen MR) is 95.3 cm³/mol. The molecule has 1 aromatic carbocycles. The molecule has 1 amide bonds. The van der Waals surface area contributed by atoms with Crippen LogP contribution in [0.2, 0.25) is 0 Å². The molecule has 0 aromatic heterocycles. The number of fused-ring (bicyclic) bond motifs is 1. The Labute approximate surface area is 149 Å². The number of hydrogen-bond acceptors (Lipinski definition) is 3. The molecule has 2 atom stereocenters. The van der Waals surface area contributed by atoms with E-state index < -0.39 is 10.0 Å². The van der Waals surface area contributed by atoms with E-state index >= 15 is 0 Å². The molecule has 0 spiro atoms. The topological polar surface area (TPSA) is 66.5 Å². The lowest BCUT2D eigenvalue weighted by Gasteiger charge is -2.39. The highest BCUT2D eigenvalue weighted by Gasteiger charge is 2.43. The van der Waals surface area contributed by atoms with Gasteiger partial charge in [-0.1, -0.05) is 18.2 Å². The van der Waals surface area contributed by atoms with Gasteiger partial charge in [-0.2, -0.15) is 0 Å². The van der Waals surface area contributed by atoms with Gasteiger partial charge >= 0.3 is 0 Å². The molecule has 1 N–H and O–H groups in total. The number of amides is 1. The summed E-state index contributed by atoms with van der Waals surface area (Å²) < 4.78 is 27.0. The second-order valence-electron chi connectivity index (χ2n) is 7.94. The SMILES string of the molecule is O=C(CCNS(=O)(=O)c1ccccc1)N1CC2CC3CC(C2)CC1C3. The second kappa shape index (κ2) is 6.72. The average molecular weight is 362 g/mol. The van der Waals surface area contributed by atoms with E-state index in [9.17, 15) is 13.2 Å². The van der Waals surface area contributed by atoms with E-state index in [1.807, 2.05) is 0 Å². The van der Waals surface area contributed by atoms with Crippen LogP contribution in [0.3, 0.4) is 0 Å². The number of sulfonamides is 1. The first-order valence-corrected chi connectivity index (χ1v) is 10.8. The van der Waals surface area contributed by atoms with Crippen molar-refractivity contribution in [3.63, 3.8) is 0 Å². The van der Waals surface area contributed by atoms with E-state index in [0.717, 1.165) is 31.2 Å². The zero-order valence-corrected chi connectivity index (χ0v) is 15.2. The summed E-state index contributed by atoms with van der Waals surface area (Å²) in [6.45, 7) is 1.04. The Morgan fingerprint density at radius 3 is 2.32 bits per heavy atom. The summed E-state index contributed by atoms with van der Waals surface area (Å²) in [4.78, 5) is 15.0. The van der Waals surface area contributed by atoms with Crippen molar-refractivity contribution >= 4 is 15.9 Å². The summed E-state index contributed by atoms with van der Waals surface area (Å²) in [5.74, 6) is 2.36. The third-order valence-electron chi connectivity index (χ3n) is 6.11. The van der Waals surface area contributed by atoms with Crippen LogP contribution in [0.5, 0.6) is 0 Å². The first-order chi connectivity index (χ1) is 12.0. The minimum atomic E-state index is -3.53. The van der Waals surface area contributed by atoms with E-state index in [0.29, 0.717) is 12.0 Å². The quantitative estimate of drug-likeness (QED) is 0.875. The summed E-state index contributed by atoms with van der Waals surface area (Å²) in [6.07, 6.45) is 6.44. The summed E-state index contributed by atoms with van der Waals surface area (Å²) in [5, 5.41) is 0. The molecule has 136 valence electrons. The first kappa shape index (κ1) is 17.0. The number of nitrogens with one attached hydrogen (secondary N) is 1. The van der Waals surface area contributed by atoms with E-state index in [1.54, 1.807) is 30.3 Å². The van der Waals surface area contributed by atoms with Crippen LogP contribution in [0.15, 0.2) is 35.2 Å².